The summed E-state index contributed by atoms with van der Waals surface area (Å²) in [7, 11) is 1.78. The van der Waals surface area contributed by atoms with Crippen molar-refractivity contribution in [3.05, 3.63) is 0 Å². The third-order valence-electron chi connectivity index (χ3n) is 3.57. The molecule has 1 atom stereocenters. The van der Waals surface area contributed by atoms with Crippen LogP contribution >= 0.6 is 0 Å². The summed E-state index contributed by atoms with van der Waals surface area (Å²) in [5.74, 6) is 0. The van der Waals surface area contributed by atoms with Gasteiger partial charge >= 0.3 is 0 Å². The highest BCUT2D eigenvalue weighted by molar-refractivity contribution is 4.85. The van der Waals surface area contributed by atoms with E-state index in [1.54, 1.807) is 7.11 Å². The third kappa shape index (κ3) is 4.52. The SMILES string of the molecule is COC(C)(C)CNC1CCCC(C)(C)C1. The molecule has 1 fully saturated rings. The first kappa shape index (κ1) is 13.0. The smallest absolute Gasteiger partial charge is 0.0746 e. The van der Waals surface area contributed by atoms with Gasteiger partial charge in [-0.15, -0.1) is 0 Å². The highest BCUT2D eigenvalue weighted by Crippen LogP contribution is 2.35. The normalized spacial score (nSPS) is 26.6. The van der Waals surface area contributed by atoms with Crippen molar-refractivity contribution in [2.24, 2.45) is 5.41 Å². The van der Waals surface area contributed by atoms with Gasteiger partial charge in [-0.3, -0.25) is 0 Å². The summed E-state index contributed by atoms with van der Waals surface area (Å²) < 4.78 is 5.42. The van der Waals surface area contributed by atoms with Gasteiger partial charge in [0.25, 0.3) is 0 Å². The van der Waals surface area contributed by atoms with Crippen LogP contribution in [0.3, 0.4) is 0 Å². The van der Waals surface area contributed by atoms with Crippen LogP contribution in [0, 0.1) is 5.41 Å². The summed E-state index contributed by atoms with van der Waals surface area (Å²) in [6.45, 7) is 9.97. The second kappa shape index (κ2) is 4.84. The van der Waals surface area contributed by atoms with Crippen LogP contribution in [0.15, 0.2) is 0 Å². The Morgan fingerprint density at radius 3 is 2.60 bits per heavy atom. The molecule has 0 aromatic carbocycles. The van der Waals surface area contributed by atoms with E-state index in [2.05, 4.69) is 33.0 Å². The Kier molecular flexibility index (Phi) is 4.19. The molecule has 0 heterocycles. The van der Waals surface area contributed by atoms with E-state index in [9.17, 15) is 0 Å². The van der Waals surface area contributed by atoms with Crippen LogP contribution in [-0.4, -0.2) is 25.3 Å². The minimum atomic E-state index is -0.0401. The van der Waals surface area contributed by atoms with Gasteiger partial charge in [0.15, 0.2) is 0 Å². The first-order valence-electron chi connectivity index (χ1n) is 6.13. The molecule has 1 unspecified atom stereocenters. The zero-order chi connectivity index (χ0) is 11.5. The fraction of sp³-hybridized carbons (Fsp3) is 1.00. The molecule has 1 aliphatic carbocycles. The molecule has 1 saturated carbocycles. The topological polar surface area (TPSA) is 21.3 Å². The molecule has 2 nitrogen and oxygen atoms in total. The summed E-state index contributed by atoms with van der Waals surface area (Å²) in [4.78, 5) is 0. The minimum Gasteiger partial charge on any atom is -0.377 e. The maximum absolute atomic E-state index is 5.42. The van der Waals surface area contributed by atoms with Crippen LogP contribution in [0.4, 0.5) is 0 Å². The predicted octanol–water partition coefficient (Wildman–Crippen LogP) is 2.97. The quantitative estimate of drug-likeness (QED) is 0.775. The zero-order valence-corrected chi connectivity index (χ0v) is 11.0. The van der Waals surface area contributed by atoms with E-state index >= 15 is 0 Å². The van der Waals surface area contributed by atoms with Crippen LogP contribution in [0.2, 0.25) is 0 Å². The Balaban J connectivity index is 2.33. The Morgan fingerprint density at radius 2 is 2.07 bits per heavy atom. The lowest BCUT2D eigenvalue weighted by Crippen LogP contribution is -2.44. The third-order valence-corrected chi connectivity index (χ3v) is 3.57. The molecule has 0 saturated heterocycles. The second-order valence-electron chi connectivity index (χ2n) is 6.30. The van der Waals surface area contributed by atoms with Crippen molar-refractivity contribution in [1.82, 2.24) is 5.32 Å². The number of hydrogen-bond donors (Lipinski definition) is 1. The predicted molar refractivity (Wildman–Crippen MR) is 65.1 cm³/mol. The lowest BCUT2D eigenvalue weighted by Gasteiger charge is -2.37. The largest absolute Gasteiger partial charge is 0.377 e. The number of nitrogens with one attached hydrogen (secondary N) is 1. The Hall–Kier alpha value is -0.0800. The van der Waals surface area contributed by atoms with Gasteiger partial charge in [-0.05, 0) is 38.5 Å². The lowest BCUT2D eigenvalue weighted by atomic mass is 9.75. The van der Waals surface area contributed by atoms with Gasteiger partial charge in [-0.25, -0.2) is 0 Å². The van der Waals surface area contributed by atoms with E-state index in [-0.39, 0.29) is 5.60 Å². The molecule has 0 amide bonds. The fourth-order valence-electron chi connectivity index (χ4n) is 2.33. The molecule has 15 heavy (non-hydrogen) atoms. The van der Waals surface area contributed by atoms with Gasteiger partial charge in [0.2, 0.25) is 0 Å². The van der Waals surface area contributed by atoms with E-state index in [4.69, 9.17) is 4.74 Å². The van der Waals surface area contributed by atoms with Crippen molar-refractivity contribution < 1.29 is 4.74 Å². The van der Waals surface area contributed by atoms with Crippen LogP contribution in [-0.2, 0) is 4.74 Å². The zero-order valence-electron chi connectivity index (χ0n) is 11.0. The summed E-state index contributed by atoms with van der Waals surface area (Å²) in [6, 6.07) is 0.683. The van der Waals surface area contributed by atoms with Crippen LogP contribution in [0.5, 0.6) is 0 Å². The van der Waals surface area contributed by atoms with E-state index in [0.29, 0.717) is 11.5 Å². The van der Waals surface area contributed by atoms with Crippen molar-refractivity contribution in [3.8, 4) is 0 Å². The van der Waals surface area contributed by atoms with Gasteiger partial charge in [0, 0.05) is 19.7 Å². The van der Waals surface area contributed by atoms with Gasteiger partial charge < -0.3 is 10.1 Å². The van der Waals surface area contributed by atoms with E-state index in [1.807, 2.05) is 0 Å². The number of rotatable bonds is 4. The number of methoxy groups -OCH3 is 1. The van der Waals surface area contributed by atoms with E-state index in [0.717, 1.165) is 6.54 Å². The number of ether oxygens (including phenoxy) is 1. The molecule has 0 bridgehead atoms. The maximum atomic E-state index is 5.42. The second-order valence-corrected chi connectivity index (χ2v) is 6.30. The maximum Gasteiger partial charge on any atom is 0.0746 e. The Morgan fingerprint density at radius 1 is 1.40 bits per heavy atom. The van der Waals surface area contributed by atoms with Gasteiger partial charge in [-0.2, -0.15) is 0 Å². The summed E-state index contributed by atoms with van der Waals surface area (Å²) in [5, 5.41) is 3.64. The van der Waals surface area contributed by atoms with Gasteiger partial charge in [0.1, 0.15) is 0 Å². The first-order valence-corrected chi connectivity index (χ1v) is 6.13. The molecule has 2 heteroatoms. The van der Waals surface area contributed by atoms with E-state index < -0.39 is 0 Å². The molecule has 0 aromatic rings. The van der Waals surface area contributed by atoms with Gasteiger partial charge in [0.05, 0.1) is 5.60 Å². The summed E-state index contributed by atoms with van der Waals surface area (Å²) >= 11 is 0. The molecule has 0 aliphatic heterocycles. The monoisotopic (exact) mass is 213 g/mol. The van der Waals surface area contributed by atoms with Crippen LogP contribution in [0.1, 0.15) is 53.4 Å². The lowest BCUT2D eigenvalue weighted by molar-refractivity contribution is 0.0180. The van der Waals surface area contributed by atoms with Crippen LogP contribution < -0.4 is 5.32 Å². The molecule has 1 rings (SSSR count). The Labute approximate surface area is 94.8 Å². The first-order chi connectivity index (χ1) is 6.85. The molecular weight excluding hydrogens is 186 g/mol. The molecular formula is C13H27NO. The van der Waals surface area contributed by atoms with Crippen molar-refractivity contribution in [3.63, 3.8) is 0 Å². The molecule has 0 spiro atoms. The molecule has 0 radical (unpaired) electrons. The molecule has 0 aromatic heterocycles. The highest BCUT2D eigenvalue weighted by atomic mass is 16.5. The fourth-order valence-corrected chi connectivity index (χ4v) is 2.33. The average Bonchev–Trinajstić information content (AvgIpc) is 2.14. The van der Waals surface area contributed by atoms with Gasteiger partial charge in [-0.1, -0.05) is 20.3 Å². The Bertz CT molecular complexity index is 199. The van der Waals surface area contributed by atoms with Crippen LogP contribution in [0.25, 0.3) is 0 Å². The standard InChI is InChI=1S/C13H27NO/c1-12(2)8-6-7-11(9-12)14-10-13(3,4)15-5/h11,14H,6-10H2,1-5H3. The minimum absolute atomic E-state index is 0.0401. The van der Waals surface area contributed by atoms with Crippen molar-refractivity contribution in [2.45, 2.75) is 65.0 Å². The van der Waals surface area contributed by atoms with Crippen molar-refractivity contribution in [2.75, 3.05) is 13.7 Å². The molecule has 90 valence electrons. The van der Waals surface area contributed by atoms with E-state index in [1.165, 1.54) is 25.7 Å². The molecule has 1 N–H and O–H groups in total. The van der Waals surface area contributed by atoms with Crippen molar-refractivity contribution >= 4 is 0 Å². The molecule has 1 aliphatic rings. The highest BCUT2D eigenvalue weighted by Gasteiger charge is 2.28. The summed E-state index contributed by atoms with van der Waals surface area (Å²) in [5.41, 5.74) is 0.481. The number of hydrogen-bond acceptors (Lipinski definition) is 2. The summed E-state index contributed by atoms with van der Waals surface area (Å²) in [6.07, 6.45) is 5.35. The average molecular weight is 213 g/mol. The van der Waals surface area contributed by atoms with Crippen molar-refractivity contribution in [1.29, 1.82) is 0 Å².